The number of hydrogen-bond donors (Lipinski definition) is 2. The fraction of sp³-hybridized carbons (Fsp3) is 0.438. The molecule has 0 amide bonds. The minimum Gasteiger partial charge on any atom is -0.392 e. The number of aliphatic hydroxyl groups excluding tert-OH is 1. The van der Waals surface area contributed by atoms with Crippen molar-refractivity contribution in [3.8, 4) is 0 Å². The third-order valence-corrected chi connectivity index (χ3v) is 3.42. The predicted octanol–water partition coefficient (Wildman–Crippen LogP) is 2.40. The van der Waals surface area contributed by atoms with Crippen molar-refractivity contribution in [2.24, 2.45) is 7.05 Å². The van der Waals surface area contributed by atoms with Crippen LogP contribution in [0.1, 0.15) is 36.9 Å². The van der Waals surface area contributed by atoms with Gasteiger partial charge in [-0.2, -0.15) is 5.10 Å². The van der Waals surface area contributed by atoms with E-state index in [1.807, 2.05) is 26.2 Å². The van der Waals surface area contributed by atoms with E-state index in [4.69, 9.17) is 0 Å². The van der Waals surface area contributed by atoms with Gasteiger partial charge in [-0.15, -0.1) is 0 Å². The van der Waals surface area contributed by atoms with Crippen LogP contribution in [0.25, 0.3) is 0 Å². The molecule has 2 aromatic rings. The molecule has 2 rings (SSSR count). The fourth-order valence-electron chi connectivity index (χ4n) is 2.39. The zero-order valence-corrected chi connectivity index (χ0v) is 12.5. The first-order valence-corrected chi connectivity index (χ1v) is 7.25. The number of nitrogens with one attached hydrogen (secondary N) is 1. The molecular weight excluding hydrogens is 269 g/mol. The fourth-order valence-corrected chi connectivity index (χ4v) is 2.39. The Morgan fingerprint density at radius 3 is 2.81 bits per heavy atom. The Morgan fingerprint density at radius 2 is 2.19 bits per heavy atom. The molecule has 5 heteroatoms. The smallest absolute Gasteiger partial charge is 0.123 e. The lowest BCUT2D eigenvalue weighted by atomic mass is 10.0. The monoisotopic (exact) mass is 291 g/mol. The summed E-state index contributed by atoms with van der Waals surface area (Å²) in [5.41, 5.74) is 1.78. The summed E-state index contributed by atoms with van der Waals surface area (Å²) >= 11 is 0. The maximum absolute atomic E-state index is 13.5. The molecule has 1 aromatic heterocycles. The number of benzene rings is 1. The highest BCUT2D eigenvalue weighted by Gasteiger charge is 2.17. The molecule has 21 heavy (non-hydrogen) atoms. The summed E-state index contributed by atoms with van der Waals surface area (Å²) in [4.78, 5) is 0. The normalized spacial score (nSPS) is 14.1. The summed E-state index contributed by atoms with van der Waals surface area (Å²) in [6.45, 7) is 2.50. The molecule has 114 valence electrons. The van der Waals surface area contributed by atoms with Gasteiger partial charge in [-0.3, -0.25) is 4.68 Å². The summed E-state index contributed by atoms with van der Waals surface area (Å²) < 4.78 is 15.2. The molecule has 1 heterocycles. The third-order valence-electron chi connectivity index (χ3n) is 3.42. The van der Waals surface area contributed by atoms with Crippen molar-refractivity contribution < 1.29 is 9.50 Å². The number of aromatic nitrogens is 2. The number of aliphatic hydroxyl groups is 1. The van der Waals surface area contributed by atoms with Crippen LogP contribution in [0.3, 0.4) is 0 Å². The Bertz CT molecular complexity index is 570. The van der Waals surface area contributed by atoms with Crippen LogP contribution in [0.2, 0.25) is 0 Å². The molecule has 0 radical (unpaired) electrons. The van der Waals surface area contributed by atoms with Crippen molar-refractivity contribution in [1.82, 2.24) is 15.1 Å². The molecule has 0 saturated heterocycles. The summed E-state index contributed by atoms with van der Waals surface area (Å²) in [7, 11) is 1.85. The first kappa shape index (κ1) is 15.7. The van der Waals surface area contributed by atoms with Crippen molar-refractivity contribution in [2.45, 2.75) is 31.9 Å². The van der Waals surface area contributed by atoms with Crippen LogP contribution in [0.15, 0.2) is 36.7 Å². The first-order valence-electron chi connectivity index (χ1n) is 7.25. The van der Waals surface area contributed by atoms with Crippen molar-refractivity contribution in [3.05, 3.63) is 53.6 Å². The SMILES string of the molecule is CCCC(O)CNC(c1cccc(F)c1)c1cnn(C)c1. The van der Waals surface area contributed by atoms with Gasteiger partial charge in [0.25, 0.3) is 0 Å². The summed E-state index contributed by atoms with van der Waals surface area (Å²) in [5.74, 6) is -0.266. The molecule has 0 aliphatic rings. The van der Waals surface area contributed by atoms with Gasteiger partial charge in [0.2, 0.25) is 0 Å². The summed E-state index contributed by atoms with van der Waals surface area (Å²) in [6, 6.07) is 6.32. The Labute approximate surface area is 124 Å². The van der Waals surface area contributed by atoms with Gasteiger partial charge in [0.15, 0.2) is 0 Å². The molecule has 1 aromatic carbocycles. The molecule has 0 spiro atoms. The van der Waals surface area contributed by atoms with Gasteiger partial charge in [-0.05, 0) is 24.1 Å². The summed E-state index contributed by atoms with van der Waals surface area (Å²) in [5, 5.41) is 17.4. The number of nitrogens with zero attached hydrogens (tertiary/aromatic N) is 2. The van der Waals surface area contributed by atoms with Crippen LogP contribution in [0.5, 0.6) is 0 Å². The van der Waals surface area contributed by atoms with Gasteiger partial charge in [0.1, 0.15) is 5.82 Å². The zero-order valence-electron chi connectivity index (χ0n) is 12.5. The van der Waals surface area contributed by atoms with Gasteiger partial charge in [-0.25, -0.2) is 4.39 Å². The Hall–Kier alpha value is -1.72. The van der Waals surface area contributed by atoms with E-state index in [1.54, 1.807) is 16.9 Å². The minimum absolute atomic E-state index is 0.180. The molecule has 2 unspecified atom stereocenters. The quantitative estimate of drug-likeness (QED) is 0.823. The van der Waals surface area contributed by atoms with Crippen LogP contribution in [0.4, 0.5) is 4.39 Å². The molecule has 2 N–H and O–H groups in total. The predicted molar refractivity (Wildman–Crippen MR) is 80.4 cm³/mol. The van der Waals surface area contributed by atoms with Crippen LogP contribution in [0, 0.1) is 5.82 Å². The lowest BCUT2D eigenvalue weighted by Gasteiger charge is -2.20. The van der Waals surface area contributed by atoms with E-state index >= 15 is 0 Å². The number of hydrogen-bond acceptors (Lipinski definition) is 3. The van der Waals surface area contributed by atoms with Crippen LogP contribution >= 0.6 is 0 Å². The lowest BCUT2D eigenvalue weighted by Crippen LogP contribution is -2.31. The van der Waals surface area contributed by atoms with Crippen LogP contribution < -0.4 is 5.32 Å². The van der Waals surface area contributed by atoms with E-state index in [0.29, 0.717) is 6.54 Å². The van der Waals surface area contributed by atoms with Crippen molar-refractivity contribution >= 4 is 0 Å². The zero-order chi connectivity index (χ0) is 15.2. The van der Waals surface area contributed by atoms with E-state index in [-0.39, 0.29) is 11.9 Å². The van der Waals surface area contributed by atoms with E-state index < -0.39 is 6.10 Å². The molecule has 0 aliphatic carbocycles. The minimum atomic E-state index is -0.400. The molecule has 4 nitrogen and oxygen atoms in total. The van der Waals surface area contributed by atoms with E-state index in [9.17, 15) is 9.50 Å². The second kappa shape index (κ2) is 7.33. The Kier molecular flexibility index (Phi) is 5.47. The maximum Gasteiger partial charge on any atom is 0.123 e. The molecule has 0 saturated carbocycles. The molecule has 0 aliphatic heterocycles. The average molecular weight is 291 g/mol. The van der Waals surface area contributed by atoms with Crippen molar-refractivity contribution in [1.29, 1.82) is 0 Å². The molecule has 2 atom stereocenters. The maximum atomic E-state index is 13.5. The van der Waals surface area contributed by atoms with Crippen LogP contribution in [-0.4, -0.2) is 27.5 Å². The van der Waals surface area contributed by atoms with E-state index in [2.05, 4.69) is 10.4 Å². The highest BCUT2D eigenvalue weighted by Crippen LogP contribution is 2.22. The van der Waals surface area contributed by atoms with Crippen LogP contribution in [-0.2, 0) is 7.05 Å². The Morgan fingerprint density at radius 1 is 1.38 bits per heavy atom. The molecular formula is C16H22FN3O. The largest absolute Gasteiger partial charge is 0.392 e. The van der Waals surface area contributed by atoms with Gasteiger partial charge in [0, 0.05) is 25.4 Å². The first-order chi connectivity index (χ1) is 10.1. The van der Waals surface area contributed by atoms with Gasteiger partial charge < -0.3 is 10.4 Å². The van der Waals surface area contributed by atoms with E-state index in [1.165, 1.54) is 12.1 Å². The Balaban J connectivity index is 2.18. The highest BCUT2D eigenvalue weighted by molar-refractivity contribution is 5.29. The third kappa shape index (κ3) is 4.37. The van der Waals surface area contributed by atoms with Gasteiger partial charge in [-0.1, -0.05) is 25.5 Å². The van der Waals surface area contributed by atoms with E-state index in [0.717, 1.165) is 24.0 Å². The lowest BCUT2D eigenvalue weighted by molar-refractivity contribution is 0.158. The average Bonchev–Trinajstić information content (AvgIpc) is 2.86. The second-order valence-electron chi connectivity index (χ2n) is 5.29. The van der Waals surface area contributed by atoms with Crippen molar-refractivity contribution in [2.75, 3.05) is 6.54 Å². The second-order valence-corrected chi connectivity index (χ2v) is 5.29. The molecule has 0 bridgehead atoms. The number of halogens is 1. The van der Waals surface area contributed by atoms with Gasteiger partial charge >= 0.3 is 0 Å². The highest BCUT2D eigenvalue weighted by atomic mass is 19.1. The number of aryl methyl sites for hydroxylation is 1. The summed E-state index contributed by atoms with van der Waals surface area (Å²) in [6.07, 6.45) is 4.93. The standard InChI is InChI=1S/C16H22FN3O/c1-3-5-15(21)10-18-16(13-9-19-20(2)11-13)12-6-4-7-14(17)8-12/h4,6-9,11,15-16,18,21H,3,5,10H2,1-2H3. The molecule has 0 fully saturated rings. The van der Waals surface area contributed by atoms with Gasteiger partial charge in [0.05, 0.1) is 18.3 Å². The van der Waals surface area contributed by atoms with Crippen molar-refractivity contribution in [3.63, 3.8) is 0 Å². The number of rotatable bonds is 7. The topological polar surface area (TPSA) is 50.1 Å².